The number of anilines is 1. The van der Waals surface area contributed by atoms with Gasteiger partial charge in [0.2, 0.25) is 11.8 Å². The van der Waals surface area contributed by atoms with Crippen LogP contribution in [0.3, 0.4) is 0 Å². The number of allylic oxidation sites excluding steroid dienone is 2. The number of hydrogen-bond donors (Lipinski definition) is 0. The van der Waals surface area contributed by atoms with Crippen LogP contribution in [0.15, 0.2) is 30.4 Å². The van der Waals surface area contributed by atoms with E-state index in [1.807, 2.05) is 32.0 Å². The number of amides is 2. The fraction of sp³-hybridized carbons (Fsp3) is 0.474. The van der Waals surface area contributed by atoms with Crippen LogP contribution >= 0.6 is 0 Å². The molecule has 0 unspecified atom stereocenters. The van der Waals surface area contributed by atoms with Gasteiger partial charge >= 0.3 is 0 Å². The Morgan fingerprint density at radius 1 is 0.955 bits per heavy atom. The van der Waals surface area contributed by atoms with Crippen molar-refractivity contribution in [2.24, 2.45) is 35.5 Å². The van der Waals surface area contributed by atoms with Gasteiger partial charge in [-0.2, -0.15) is 0 Å². The SMILES string of the molecule is Cc1ccc(C)c(N2C(=O)[C@@H]3[C@H]4C=C[C@H]([C@H]5C[C@H]45)[C@@H]3C2=O)c1. The van der Waals surface area contributed by atoms with E-state index < -0.39 is 0 Å². The average Bonchev–Trinajstić information content (AvgIpc) is 3.28. The number of imide groups is 1. The summed E-state index contributed by atoms with van der Waals surface area (Å²) >= 11 is 0. The van der Waals surface area contributed by atoms with E-state index in [0.29, 0.717) is 23.7 Å². The third-order valence-corrected chi connectivity index (χ3v) is 6.27. The molecule has 22 heavy (non-hydrogen) atoms. The van der Waals surface area contributed by atoms with Crippen molar-refractivity contribution in [2.45, 2.75) is 20.3 Å². The zero-order chi connectivity index (χ0) is 15.2. The number of benzene rings is 1. The van der Waals surface area contributed by atoms with E-state index in [2.05, 4.69) is 12.2 Å². The number of nitrogens with zero attached hydrogens (tertiary/aromatic N) is 1. The molecule has 5 aliphatic rings. The molecule has 0 spiro atoms. The molecule has 1 heterocycles. The van der Waals surface area contributed by atoms with E-state index in [4.69, 9.17) is 0 Å². The molecule has 112 valence electrons. The van der Waals surface area contributed by atoms with Crippen LogP contribution in [0.2, 0.25) is 0 Å². The lowest BCUT2D eigenvalue weighted by Gasteiger charge is -2.37. The number of aryl methyl sites for hydroxylation is 2. The first-order valence-corrected chi connectivity index (χ1v) is 8.21. The molecule has 1 aromatic carbocycles. The molecule has 2 saturated carbocycles. The Bertz CT molecular complexity index is 714. The van der Waals surface area contributed by atoms with Crippen molar-refractivity contribution < 1.29 is 9.59 Å². The maximum atomic E-state index is 13.0. The summed E-state index contributed by atoms with van der Waals surface area (Å²) in [6.07, 6.45) is 5.65. The minimum absolute atomic E-state index is 0.0356. The van der Waals surface area contributed by atoms with Crippen LogP contribution in [0.5, 0.6) is 0 Å². The van der Waals surface area contributed by atoms with E-state index >= 15 is 0 Å². The summed E-state index contributed by atoms with van der Waals surface area (Å²) in [6.45, 7) is 3.98. The molecule has 3 fully saturated rings. The topological polar surface area (TPSA) is 37.4 Å². The van der Waals surface area contributed by atoms with Crippen molar-refractivity contribution in [3.63, 3.8) is 0 Å². The summed E-state index contributed by atoms with van der Waals surface area (Å²) in [7, 11) is 0. The summed E-state index contributed by atoms with van der Waals surface area (Å²) < 4.78 is 0. The Labute approximate surface area is 130 Å². The lowest BCUT2D eigenvalue weighted by atomic mass is 9.63. The molecule has 3 nitrogen and oxygen atoms in total. The second-order valence-electron chi connectivity index (χ2n) is 7.46. The first-order chi connectivity index (χ1) is 10.6. The Hall–Kier alpha value is -1.90. The van der Waals surface area contributed by atoms with Gasteiger partial charge in [0.25, 0.3) is 0 Å². The molecule has 0 radical (unpaired) electrons. The van der Waals surface area contributed by atoms with Crippen LogP contribution in [-0.2, 0) is 9.59 Å². The van der Waals surface area contributed by atoms with Gasteiger partial charge < -0.3 is 0 Å². The van der Waals surface area contributed by atoms with Crippen molar-refractivity contribution in [2.75, 3.05) is 4.90 Å². The second kappa shape index (κ2) is 3.89. The highest BCUT2D eigenvalue weighted by molar-refractivity contribution is 6.23. The highest BCUT2D eigenvalue weighted by Crippen LogP contribution is 2.65. The Kier molecular flexibility index (Phi) is 2.23. The van der Waals surface area contributed by atoms with Crippen molar-refractivity contribution >= 4 is 17.5 Å². The first kappa shape index (κ1) is 12.6. The standard InChI is InChI=1S/C19H19NO2/c1-9-3-4-10(2)15(7-9)20-18(21)16-11-5-6-12(14-8-13(11)14)17(16)19(20)22/h3-7,11-14,16-17H,8H2,1-2H3/t11-,12+,13-,14-,16+,17-/m1/s1. The Morgan fingerprint density at radius 2 is 1.55 bits per heavy atom. The lowest BCUT2D eigenvalue weighted by Crippen LogP contribution is -2.40. The Morgan fingerprint density at radius 3 is 2.14 bits per heavy atom. The van der Waals surface area contributed by atoms with Gasteiger partial charge in [0.1, 0.15) is 0 Å². The summed E-state index contributed by atoms with van der Waals surface area (Å²) in [5.74, 6) is 1.77. The molecule has 4 aliphatic carbocycles. The molecule has 0 N–H and O–H groups in total. The molecule has 1 saturated heterocycles. The van der Waals surface area contributed by atoms with E-state index in [0.717, 1.165) is 16.8 Å². The normalized spacial score (nSPS) is 40.9. The second-order valence-corrected chi connectivity index (χ2v) is 7.46. The number of carbonyl (C=O) groups excluding carboxylic acids is 2. The summed E-state index contributed by atoms with van der Waals surface area (Å²) in [5, 5.41) is 0. The molecule has 6 rings (SSSR count). The van der Waals surface area contributed by atoms with Crippen molar-refractivity contribution in [3.8, 4) is 0 Å². The minimum atomic E-state index is -0.105. The zero-order valence-corrected chi connectivity index (χ0v) is 12.8. The smallest absolute Gasteiger partial charge is 0.238 e. The molecule has 3 heteroatoms. The highest BCUT2D eigenvalue weighted by Gasteiger charge is 2.67. The summed E-state index contributed by atoms with van der Waals surface area (Å²) in [5.41, 5.74) is 2.87. The van der Waals surface area contributed by atoms with Crippen molar-refractivity contribution in [3.05, 3.63) is 41.5 Å². The fourth-order valence-electron chi connectivity index (χ4n) is 5.15. The quantitative estimate of drug-likeness (QED) is 0.590. The molecule has 6 atom stereocenters. The van der Waals surface area contributed by atoms with Gasteiger partial charge in [-0.05, 0) is 61.1 Å². The van der Waals surface area contributed by atoms with E-state index in [1.54, 1.807) is 0 Å². The molecule has 2 bridgehead atoms. The van der Waals surface area contributed by atoms with E-state index in [1.165, 1.54) is 11.3 Å². The molecule has 0 aromatic heterocycles. The monoisotopic (exact) mass is 293 g/mol. The predicted molar refractivity (Wildman–Crippen MR) is 83.1 cm³/mol. The summed E-state index contributed by atoms with van der Waals surface area (Å²) in [4.78, 5) is 27.6. The maximum absolute atomic E-state index is 13.0. The van der Waals surface area contributed by atoms with Gasteiger partial charge in [-0.3, -0.25) is 9.59 Å². The third-order valence-electron chi connectivity index (χ3n) is 6.27. The van der Waals surface area contributed by atoms with E-state index in [-0.39, 0.29) is 23.7 Å². The number of hydrogen-bond acceptors (Lipinski definition) is 2. The highest BCUT2D eigenvalue weighted by atomic mass is 16.2. The fourth-order valence-corrected chi connectivity index (χ4v) is 5.15. The minimum Gasteiger partial charge on any atom is -0.274 e. The molecule has 1 aromatic rings. The van der Waals surface area contributed by atoms with Gasteiger partial charge in [0.15, 0.2) is 0 Å². The van der Waals surface area contributed by atoms with Crippen LogP contribution < -0.4 is 4.90 Å². The number of carbonyl (C=O) groups is 2. The summed E-state index contributed by atoms with van der Waals surface area (Å²) in [6, 6.07) is 5.99. The van der Waals surface area contributed by atoms with Crippen LogP contribution in [-0.4, -0.2) is 11.8 Å². The first-order valence-electron chi connectivity index (χ1n) is 8.21. The molecule has 1 aliphatic heterocycles. The van der Waals surface area contributed by atoms with Gasteiger partial charge in [-0.1, -0.05) is 24.3 Å². The Balaban J connectivity index is 1.62. The van der Waals surface area contributed by atoms with Gasteiger partial charge in [0.05, 0.1) is 17.5 Å². The van der Waals surface area contributed by atoms with Gasteiger partial charge in [-0.25, -0.2) is 4.90 Å². The largest absolute Gasteiger partial charge is 0.274 e. The van der Waals surface area contributed by atoms with Gasteiger partial charge in [0, 0.05) is 0 Å². The van der Waals surface area contributed by atoms with Crippen LogP contribution in [0.4, 0.5) is 5.69 Å². The van der Waals surface area contributed by atoms with Gasteiger partial charge in [-0.15, -0.1) is 0 Å². The zero-order valence-electron chi connectivity index (χ0n) is 12.8. The van der Waals surface area contributed by atoms with Crippen LogP contribution in [0, 0.1) is 49.4 Å². The lowest BCUT2D eigenvalue weighted by molar-refractivity contribution is -0.124. The molecule has 2 amide bonds. The third kappa shape index (κ3) is 1.37. The maximum Gasteiger partial charge on any atom is 0.238 e. The van der Waals surface area contributed by atoms with Crippen LogP contribution in [0.25, 0.3) is 0 Å². The van der Waals surface area contributed by atoms with Crippen molar-refractivity contribution in [1.82, 2.24) is 0 Å². The van der Waals surface area contributed by atoms with Crippen molar-refractivity contribution in [1.29, 1.82) is 0 Å². The molecular formula is C19H19NO2. The predicted octanol–water partition coefficient (Wildman–Crippen LogP) is 2.86. The average molecular weight is 293 g/mol. The van der Waals surface area contributed by atoms with E-state index in [9.17, 15) is 9.59 Å². The number of rotatable bonds is 1. The van der Waals surface area contributed by atoms with Crippen LogP contribution in [0.1, 0.15) is 17.5 Å². The molecular weight excluding hydrogens is 274 g/mol.